The fraction of sp³-hybridized carbons (Fsp3) is 0.0500. The summed E-state index contributed by atoms with van der Waals surface area (Å²) < 4.78 is 11.4. The molecule has 0 radical (unpaired) electrons. The Morgan fingerprint density at radius 3 is 2.79 bits per heavy atom. The lowest BCUT2D eigenvalue weighted by Crippen LogP contribution is -2.21. The van der Waals surface area contributed by atoms with Crippen LogP contribution >= 0.6 is 22.9 Å². The minimum absolute atomic E-state index is 0.161. The van der Waals surface area contributed by atoms with E-state index in [-0.39, 0.29) is 17.0 Å². The number of ether oxygens (including phenoxy) is 1. The molecule has 0 spiro atoms. The molecule has 4 rings (SSSR count). The molecule has 0 saturated heterocycles. The number of carbonyl (C=O) groups excluding carboxylic acids is 1. The highest BCUT2D eigenvalue weighted by Gasteiger charge is 2.15. The summed E-state index contributed by atoms with van der Waals surface area (Å²) in [6.07, 6.45) is 1.62. The molecule has 28 heavy (non-hydrogen) atoms. The smallest absolute Gasteiger partial charge is 0.262 e. The van der Waals surface area contributed by atoms with Crippen LogP contribution in [0.1, 0.15) is 10.4 Å². The van der Waals surface area contributed by atoms with E-state index in [1.807, 2.05) is 12.1 Å². The number of halogens is 1. The second-order valence-electron chi connectivity index (χ2n) is 5.72. The minimum atomic E-state index is -0.365. The van der Waals surface area contributed by atoms with E-state index >= 15 is 0 Å². The number of benzene rings is 2. The third kappa shape index (κ3) is 3.76. The third-order valence-corrected chi connectivity index (χ3v) is 4.85. The number of rotatable bonds is 4. The zero-order valence-electron chi connectivity index (χ0n) is 14.7. The van der Waals surface area contributed by atoms with Gasteiger partial charge >= 0.3 is 0 Å². The quantitative estimate of drug-likeness (QED) is 0.510. The van der Waals surface area contributed by atoms with E-state index in [4.69, 9.17) is 20.8 Å². The van der Waals surface area contributed by atoms with Gasteiger partial charge in [0.25, 0.3) is 5.91 Å². The molecule has 2 aromatic carbocycles. The van der Waals surface area contributed by atoms with Crippen molar-refractivity contribution in [3.05, 3.63) is 76.2 Å². The van der Waals surface area contributed by atoms with Gasteiger partial charge in [0.15, 0.2) is 16.5 Å². The van der Waals surface area contributed by atoms with Crippen molar-refractivity contribution >= 4 is 50.6 Å². The van der Waals surface area contributed by atoms with Gasteiger partial charge < -0.3 is 9.15 Å². The van der Waals surface area contributed by atoms with Crippen LogP contribution in [0.4, 0.5) is 10.8 Å². The molecule has 1 N–H and O–H groups in total. The largest absolute Gasteiger partial charge is 0.493 e. The number of hydrogen-bond acceptors (Lipinski definition) is 6. The second-order valence-corrected chi connectivity index (χ2v) is 7.05. The first-order valence-electron chi connectivity index (χ1n) is 8.26. The number of aromatic nitrogens is 1. The molecule has 6 nitrogen and oxygen atoms in total. The van der Waals surface area contributed by atoms with E-state index in [9.17, 15) is 4.79 Å². The lowest BCUT2D eigenvalue weighted by molar-refractivity contribution is 0.102. The van der Waals surface area contributed by atoms with E-state index in [0.717, 1.165) is 5.39 Å². The van der Waals surface area contributed by atoms with Gasteiger partial charge in [0, 0.05) is 22.0 Å². The number of para-hydroxylation sites is 1. The maximum atomic E-state index is 12.9. The number of amides is 1. The van der Waals surface area contributed by atoms with Crippen LogP contribution in [0.3, 0.4) is 0 Å². The fourth-order valence-corrected chi connectivity index (χ4v) is 3.26. The first kappa shape index (κ1) is 18.2. The molecule has 4 aromatic rings. The molecule has 0 unspecified atom stereocenters. The van der Waals surface area contributed by atoms with Crippen molar-refractivity contribution in [3.8, 4) is 5.75 Å². The van der Waals surface area contributed by atoms with Gasteiger partial charge in [0.1, 0.15) is 5.56 Å². The molecule has 0 aliphatic heterocycles. The molecule has 140 valence electrons. The van der Waals surface area contributed by atoms with Crippen molar-refractivity contribution in [1.29, 1.82) is 0 Å². The summed E-state index contributed by atoms with van der Waals surface area (Å²) in [5, 5.41) is 6.35. The van der Waals surface area contributed by atoms with Crippen LogP contribution < -0.4 is 15.6 Å². The maximum Gasteiger partial charge on any atom is 0.262 e. The van der Waals surface area contributed by atoms with Crippen LogP contribution in [0, 0.1) is 0 Å². The Bertz CT molecular complexity index is 1200. The first-order valence-corrected chi connectivity index (χ1v) is 9.52. The van der Waals surface area contributed by atoms with Crippen molar-refractivity contribution in [3.63, 3.8) is 0 Å². The fourth-order valence-electron chi connectivity index (χ4n) is 2.61. The monoisotopic (exact) mass is 411 g/mol. The lowest BCUT2D eigenvalue weighted by Gasteiger charge is -2.07. The number of fused-ring (bicyclic) bond motifs is 1. The zero-order chi connectivity index (χ0) is 19.5. The van der Waals surface area contributed by atoms with Gasteiger partial charge in [-0.15, -0.1) is 11.3 Å². The van der Waals surface area contributed by atoms with Crippen molar-refractivity contribution in [1.82, 2.24) is 4.98 Å². The van der Waals surface area contributed by atoms with Crippen molar-refractivity contribution in [2.45, 2.75) is 0 Å². The Morgan fingerprint density at radius 1 is 1.25 bits per heavy atom. The number of nitrogens with one attached hydrogen (secondary N) is 1. The predicted octanol–water partition coefficient (Wildman–Crippen LogP) is 5.04. The summed E-state index contributed by atoms with van der Waals surface area (Å²) >= 11 is 7.27. The minimum Gasteiger partial charge on any atom is -0.493 e. The summed E-state index contributed by atoms with van der Waals surface area (Å²) in [5.41, 5.74) is 1.55. The molecule has 1 amide bonds. The molecule has 0 bridgehead atoms. The van der Waals surface area contributed by atoms with Gasteiger partial charge in [-0.2, -0.15) is 0 Å². The number of thiazole rings is 1. The van der Waals surface area contributed by atoms with Gasteiger partial charge in [-0.1, -0.05) is 23.7 Å². The topological polar surface area (TPSA) is 76.7 Å². The summed E-state index contributed by atoms with van der Waals surface area (Å²) in [5.74, 6) is 0.188. The van der Waals surface area contributed by atoms with E-state index in [1.165, 1.54) is 11.3 Å². The number of nitrogens with zero attached hydrogens (tertiary/aromatic N) is 2. The summed E-state index contributed by atoms with van der Waals surface area (Å²) in [6.45, 7) is 0. The number of anilines is 1. The molecule has 0 atom stereocenters. The Morgan fingerprint density at radius 2 is 2.07 bits per heavy atom. The van der Waals surface area contributed by atoms with E-state index in [1.54, 1.807) is 55.1 Å². The van der Waals surface area contributed by atoms with Crippen LogP contribution in [-0.2, 0) is 0 Å². The van der Waals surface area contributed by atoms with E-state index in [2.05, 4.69) is 15.3 Å². The third-order valence-electron chi connectivity index (χ3n) is 3.91. The SMILES string of the molecule is COc1cccc2cc(C(=O)Nc3nccs3)c(=Nc3ccc(Cl)cc3)oc12. The second kappa shape index (κ2) is 7.84. The average Bonchev–Trinajstić information content (AvgIpc) is 3.21. The van der Waals surface area contributed by atoms with Crippen LogP contribution in [0.15, 0.2) is 69.5 Å². The molecule has 2 aromatic heterocycles. The predicted molar refractivity (Wildman–Crippen MR) is 110 cm³/mol. The van der Waals surface area contributed by atoms with Gasteiger partial charge in [0.2, 0.25) is 5.55 Å². The van der Waals surface area contributed by atoms with E-state index in [0.29, 0.717) is 27.2 Å². The molecule has 2 heterocycles. The maximum absolute atomic E-state index is 12.9. The summed E-state index contributed by atoms with van der Waals surface area (Å²) in [4.78, 5) is 21.4. The van der Waals surface area contributed by atoms with Crippen LogP contribution in [0.2, 0.25) is 5.02 Å². The normalized spacial score (nSPS) is 11.6. The highest BCUT2D eigenvalue weighted by Crippen LogP contribution is 2.25. The van der Waals surface area contributed by atoms with Crippen LogP contribution in [0.25, 0.3) is 11.0 Å². The molecule has 0 aliphatic rings. The Balaban J connectivity index is 1.90. The van der Waals surface area contributed by atoms with Crippen molar-refractivity contribution < 1.29 is 13.9 Å². The highest BCUT2D eigenvalue weighted by molar-refractivity contribution is 7.13. The number of hydrogen-bond donors (Lipinski definition) is 1. The molecule has 0 saturated carbocycles. The number of methoxy groups -OCH3 is 1. The van der Waals surface area contributed by atoms with Crippen LogP contribution in [0.5, 0.6) is 5.75 Å². The molecular formula is C20H14ClN3O3S. The Kier molecular flexibility index (Phi) is 5.10. The Labute approximate surface area is 169 Å². The summed E-state index contributed by atoms with van der Waals surface area (Å²) in [7, 11) is 1.56. The average molecular weight is 412 g/mol. The highest BCUT2D eigenvalue weighted by atomic mass is 35.5. The molecule has 8 heteroatoms. The molecular weight excluding hydrogens is 398 g/mol. The van der Waals surface area contributed by atoms with Crippen LogP contribution in [-0.4, -0.2) is 18.0 Å². The standard InChI is InChI=1S/C20H14ClN3O3S/c1-26-16-4-2-3-12-11-15(18(25)24-20-22-9-10-28-20)19(27-17(12)16)23-14-7-5-13(21)6-8-14/h2-11H,1H3,(H,22,24,25). The first-order chi connectivity index (χ1) is 13.6. The van der Waals surface area contributed by atoms with Gasteiger partial charge in [-0.05, 0) is 36.4 Å². The van der Waals surface area contributed by atoms with E-state index < -0.39 is 0 Å². The lowest BCUT2D eigenvalue weighted by atomic mass is 10.1. The molecule has 0 aliphatic carbocycles. The van der Waals surface area contributed by atoms with Gasteiger partial charge in [-0.25, -0.2) is 9.98 Å². The Hall–Kier alpha value is -3.16. The summed E-state index contributed by atoms with van der Waals surface area (Å²) in [6, 6.07) is 14.1. The number of carbonyl (C=O) groups is 1. The molecule has 0 fully saturated rings. The van der Waals surface area contributed by atoms with Gasteiger partial charge in [0.05, 0.1) is 12.8 Å². The van der Waals surface area contributed by atoms with Crippen molar-refractivity contribution in [2.24, 2.45) is 4.99 Å². The van der Waals surface area contributed by atoms with Gasteiger partial charge in [-0.3, -0.25) is 10.1 Å². The zero-order valence-corrected chi connectivity index (χ0v) is 16.3. The van der Waals surface area contributed by atoms with Crippen molar-refractivity contribution in [2.75, 3.05) is 12.4 Å².